The van der Waals surface area contributed by atoms with Crippen LogP contribution >= 0.6 is 7.26 Å². The summed E-state index contributed by atoms with van der Waals surface area (Å²) in [4.78, 5) is 59.7. The topological polar surface area (TPSA) is 192 Å². The van der Waals surface area contributed by atoms with Crippen LogP contribution in [0.2, 0.25) is 0 Å². The molecule has 0 spiro atoms. The molecule has 14 nitrogen and oxygen atoms in total. The molecule has 0 aliphatic heterocycles. The van der Waals surface area contributed by atoms with Crippen LogP contribution in [0.25, 0.3) is 0 Å². The number of hydroxylamine groups is 6. The Labute approximate surface area is 413 Å². The molecule has 3 rings (SSSR count). The van der Waals surface area contributed by atoms with Gasteiger partial charge in [0.25, 0.3) is 0 Å². The molecule has 0 aromatic carbocycles. The number of hydrogen-bond acceptors (Lipinski definition) is 9. The molecule has 0 radical (unpaired) electrons. The second kappa shape index (κ2) is 37.4. The number of carbonyl (C=O) groups excluding carboxylic acids is 5. The van der Waals surface area contributed by atoms with Crippen LogP contribution in [0.15, 0.2) is 0 Å². The molecule has 0 unspecified atom stereocenters. The molecular formula is C53H101N6O8P. The molecule has 3 aliphatic rings. The van der Waals surface area contributed by atoms with E-state index in [-0.39, 0.29) is 57.1 Å². The Balaban J connectivity index is 1.08. The van der Waals surface area contributed by atoms with Gasteiger partial charge in [0.05, 0.1) is 0 Å². The van der Waals surface area contributed by atoms with Gasteiger partial charge in [0.2, 0.25) is 29.5 Å². The molecule has 3 saturated carbocycles. The normalized spacial score (nSPS) is 16.6. The zero-order chi connectivity index (χ0) is 49.1. The van der Waals surface area contributed by atoms with Crippen molar-refractivity contribution in [3.63, 3.8) is 0 Å². The third-order valence-electron chi connectivity index (χ3n) is 15.8. The molecule has 5 amide bonds. The van der Waals surface area contributed by atoms with Crippen molar-refractivity contribution in [2.45, 2.75) is 255 Å². The predicted octanol–water partition coefficient (Wildman–Crippen LogP) is 10.4. The van der Waals surface area contributed by atoms with Crippen molar-refractivity contribution >= 4 is 36.8 Å². The van der Waals surface area contributed by atoms with Crippen LogP contribution < -0.4 is 16.0 Å². The molecule has 15 heteroatoms. The van der Waals surface area contributed by atoms with Crippen LogP contribution in [0.1, 0.15) is 238 Å². The number of nitrogens with zero attached hydrogens (tertiary/aromatic N) is 3. The quantitative estimate of drug-likeness (QED) is 0.0151. The van der Waals surface area contributed by atoms with Gasteiger partial charge in [0.1, 0.15) is 0 Å². The van der Waals surface area contributed by atoms with Gasteiger partial charge in [-0.15, -0.1) is 0 Å². The summed E-state index contributed by atoms with van der Waals surface area (Å²) in [6.07, 6.45) is 42.2. The van der Waals surface area contributed by atoms with Gasteiger partial charge >= 0.3 is 196 Å². The third kappa shape index (κ3) is 25.1. The molecule has 0 atom stereocenters. The average molecular weight is 981 g/mol. The van der Waals surface area contributed by atoms with Crippen LogP contribution in [0.5, 0.6) is 0 Å². The number of amides is 5. The third-order valence-corrected chi connectivity index (χ3v) is 23.4. The summed E-state index contributed by atoms with van der Waals surface area (Å²) >= 11 is 0. The van der Waals surface area contributed by atoms with E-state index in [9.17, 15) is 39.6 Å². The number of nitrogens with one attached hydrogen (secondary N) is 3. The summed E-state index contributed by atoms with van der Waals surface area (Å²) < 4.78 is 0. The summed E-state index contributed by atoms with van der Waals surface area (Å²) in [5.74, 6) is -1.95. The summed E-state index contributed by atoms with van der Waals surface area (Å²) in [5, 5.41) is 40.6. The van der Waals surface area contributed by atoms with Gasteiger partial charge in [-0.25, -0.2) is 15.2 Å². The van der Waals surface area contributed by atoms with Gasteiger partial charge < -0.3 is 10.6 Å². The first-order valence-corrected chi connectivity index (χ1v) is 30.7. The minimum absolute atomic E-state index is 0.00122. The van der Waals surface area contributed by atoms with E-state index in [2.05, 4.69) is 16.0 Å². The van der Waals surface area contributed by atoms with E-state index in [1.54, 1.807) is 44.7 Å². The fourth-order valence-electron chi connectivity index (χ4n) is 12.0. The van der Waals surface area contributed by atoms with Crippen molar-refractivity contribution in [3.8, 4) is 0 Å². The van der Waals surface area contributed by atoms with Crippen LogP contribution in [0.3, 0.4) is 0 Å². The van der Waals surface area contributed by atoms with E-state index in [4.69, 9.17) is 0 Å². The summed E-state index contributed by atoms with van der Waals surface area (Å²) in [6.45, 7) is 4.73. The van der Waals surface area contributed by atoms with Crippen LogP contribution in [0, 0.1) is 0 Å². The Hall–Kier alpha value is -2.38. The van der Waals surface area contributed by atoms with Crippen molar-refractivity contribution in [2.75, 3.05) is 52.0 Å². The minimum atomic E-state index is -1.30. The molecule has 6 N–H and O–H groups in total. The Bertz CT molecular complexity index is 1330. The first-order valence-electron chi connectivity index (χ1n) is 28.2. The Morgan fingerprint density at radius 1 is 0.412 bits per heavy atom. The van der Waals surface area contributed by atoms with Gasteiger partial charge in [-0.3, -0.25) is 39.6 Å². The van der Waals surface area contributed by atoms with E-state index in [1.165, 1.54) is 116 Å². The molecule has 68 heavy (non-hydrogen) atoms. The van der Waals surface area contributed by atoms with Gasteiger partial charge in [0.15, 0.2) is 0 Å². The van der Waals surface area contributed by atoms with Crippen molar-refractivity contribution in [3.05, 3.63) is 0 Å². The molecule has 0 saturated heterocycles. The molecule has 3 aliphatic carbocycles. The Morgan fingerprint density at radius 3 is 1.12 bits per heavy atom. The SMILES string of the molecule is CC(=O)N(O)CCCCCNC(=O)CCC(=O)N(O)CCCCCNC(=O)CCC(=O)N(O)CCCCCNCCCCCCCCCC[PH](C1CCCCC1)(C1CCCCC1)C1CCCCC1. The molecule has 0 aromatic heterocycles. The number of carbonyl (C=O) groups is 5. The Morgan fingerprint density at radius 2 is 0.735 bits per heavy atom. The number of hydrogen-bond donors (Lipinski definition) is 6. The Kier molecular flexibility index (Phi) is 33.0. The van der Waals surface area contributed by atoms with E-state index >= 15 is 0 Å². The molecule has 0 aromatic rings. The van der Waals surface area contributed by atoms with Crippen molar-refractivity contribution in [1.82, 2.24) is 31.1 Å². The average Bonchev–Trinajstić information content (AvgIpc) is 3.36. The summed E-state index contributed by atoms with van der Waals surface area (Å²) in [5.41, 5.74) is 3.47. The maximum atomic E-state index is 12.4. The van der Waals surface area contributed by atoms with E-state index in [1.807, 2.05) is 0 Å². The second-order valence-corrected chi connectivity index (χ2v) is 26.2. The van der Waals surface area contributed by atoms with Crippen molar-refractivity contribution in [1.29, 1.82) is 0 Å². The molecule has 3 fully saturated rings. The van der Waals surface area contributed by atoms with Crippen LogP contribution in [-0.2, 0) is 24.0 Å². The maximum absolute atomic E-state index is 12.4. The van der Waals surface area contributed by atoms with E-state index in [0.717, 1.165) is 54.4 Å². The van der Waals surface area contributed by atoms with Gasteiger partial charge in [-0.1, -0.05) is 6.42 Å². The van der Waals surface area contributed by atoms with Gasteiger partial charge in [0, 0.05) is 65.3 Å². The van der Waals surface area contributed by atoms with Gasteiger partial charge in [-0.2, -0.15) is 0 Å². The molecular weight excluding hydrogens is 880 g/mol. The first kappa shape index (κ1) is 59.9. The van der Waals surface area contributed by atoms with Crippen LogP contribution in [0.4, 0.5) is 0 Å². The standard InChI is InChI=1S/C53H101N6O8P/c1-46(60)57(65)42-24-12-22-40-55-50(61)35-37-53(64)59(67)44-26-13-23-41-56-51(62)34-36-52(63)58(66)43-25-11-21-39-54-38-20-6-4-2-3-5-7-27-45-68(47-28-14-8-15-29-47,48-30-16-9-17-31-48)49-32-18-10-19-33-49/h47-49,54,65-68H,2-45H2,1H3,(H,55,61)(H,56,62). The fourth-order valence-corrected chi connectivity index (χ4v) is 20.5. The fraction of sp³-hybridized carbons (Fsp3) is 0.906. The summed E-state index contributed by atoms with van der Waals surface area (Å²) in [7, 11) is -1.30. The zero-order valence-corrected chi connectivity index (χ0v) is 44.1. The first-order chi connectivity index (χ1) is 33.0. The second-order valence-electron chi connectivity index (χ2n) is 21.0. The van der Waals surface area contributed by atoms with Crippen LogP contribution in [-0.4, -0.2) is 129 Å². The molecule has 0 heterocycles. The summed E-state index contributed by atoms with van der Waals surface area (Å²) in [6, 6.07) is 0. The van der Waals surface area contributed by atoms with Gasteiger partial charge in [-0.05, 0) is 51.4 Å². The van der Waals surface area contributed by atoms with Crippen molar-refractivity contribution < 1.29 is 39.6 Å². The zero-order valence-electron chi connectivity index (χ0n) is 43.1. The monoisotopic (exact) mass is 981 g/mol. The molecule has 0 bridgehead atoms. The predicted molar refractivity (Wildman–Crippen MR) is 276 cm³/mol. The molecule has 396 valence electrons. The number of rotatable bonds is 38. The van der Waals surface area contributed by atoms with Crippen molar-refractivity contribution in [2.24, 2.45) is 0 Å². The number of unbranched alkanes of at least 4 members (excludes halogenated alkanes) is 13. The van der Waals surface area contributed by atoms with E-state index < -0.39 is 25.0 Å². The van der Waals surface area contributed by atoms with E-state index in [0.29, 0.717) is 61.7 Å².